The van der Waals surface area contributed by atoms with Crippen molar-refractivity contribution in [3.63, 3.8) is 0 Å². The normalized spacial score (nSPS) is 20.9. The van der Waals surface area contributed by atoms with E-state index in [1.54, 1.807) is 12.1 Å². The molecule has 3 aromatic carbocycles. The summed E-state index contributed by atoms with van der Waals surface area (Å²) in [6.45, 7) is 0. The molecule has 0 heterocycles. The van der Waals surface area contributed by atoms with Crippen molar-refractivity contribution < 1.29 is 9.72 Å². The number of ketones is 1. The van der Waals surface area contributed by atoms with Gasteiger partial charge in [-0.05, 0) is 23.3 Å². The summed E-state index contributed by atoms with van der Waals surface area (Å²) < 4.78 is 0. The molecular weight excluding hydrogens is 362 g/mol. The number of hydrogen-bond donors (Lipinski definition) is 0. The molecule has 4 nitrogen and oxygen atoms in total. The summed E-state index contributed by atoms with van der Waals surface area (Å²) in [7, 11) is 0. The fourth-order valence-electron chi connectivity index (χ4n) is 3.76. The molecule has 0 amide bonds. The second-order valence-electron chi connectivity index (χ2n) is 6.71. The van der Waals surface area contributed by atoms with Gasteiger partial charge in [0.05, 0.1) is 4.92 Å². The van der Waals surface area contributed by atoms with Crippen LogP contribution in [0.2, 0.25) is 5.02 Å². The molecule has 1 fully saturated rings. The number of halogens is 1. The Bertz CT molecular complexity index is 984. The van der Waals surface area contributed by atoms with Crippen LogP contribution in [0.3, 0.4) is 0 Å². The Kier molecular flexibility index (Phi) is 4.50. The number of nitro benzene ring substituents is 1. The zero-order valence-electron chi connectivity index (χ0n) is 14.3. The minimum atomic E-state index is -0.417. The van der Waals surface area contributed by atoms with Crippen LogP contribution in [0.1, 0.15) is 33.3 Å². The first kappa shape index (κ1) is 17.4. The van der Waals surface area contributed by atoms with Crippen molar-refractivity contribution in [3.8, 4) is 0 Å². The molecule has 3 atom stereocenters. The number of carbonyl (C=O) groups is 1. The number of hydrogen-bond acceptors (Lipinski definition) is 3. The Morgan fingerprint density at radius 1 is 0.815 bits per heavy atom. The molecule has 5 heteroatoms. The third-order valence-electron chi connectivity index (χ3n) is 5.12. The minimum absolute atomic E-state index is 0.000291. The van der Waals surface area contributed by atoms with Crippen LogP contribution in [0.15, 0.2) is 78.9 Å². The highest BCUT2D eigenvalue weighted by Crippen LogP contribution is 2.61. The molecule has 4 rings (SSSR count). The average molecular weight is 378 g/mol. The topological polar surface area (TPSA) is 60.2 Å². The number of nitrogens with zero attached hydrogens (tertiary/aromatic N) is 1. The summed E-state index contributed by atoms with van der Waals surface area (Å²) >= 11 is 6.00. The molecular formula is C22H16ClNO3. The Hall–Kier alpha value is -2.98. The van der Waals surface area contributed by atoms with E-state index in [1.807, 2.05) is 54.6 Å². The smallest absolute Gasteiger partial charge is 0.269 e. The Balaban J connectivity index is 1.69. The molecule has 0 unspecified atom stereocenters. The second-order valence-corrected chi connectivity index (χ2v) is 7.14. The van der Waals surface area contributed by atoms with Gasteiger partial charge in [0.15, 0.2) is 5.78 Å². The molecule has 0 spiro atoms. The van der Waals surface area contributed by atoms with E-state index >= 15 is 0 Å². The molecule has 134 valence electrons. The van der Waals surface area contributed by atoms with E-state index < -0.39 is 4.92 Å². The highest BCUT2D eigenvalue weighted by Gasteiger charge is 2.55. The number of nitro groups is 1. The van der Waals surface area contributed by atoms with Crippen LogP contribution in [0.25, 0.3) is 0 Å². The van der Waals surface area contributed by atoms with Crippen LogP contribution in [0, 0.1) is 16.0 Å². The number of Topliss-reactive ketones (excluding diaryl/α,β-unsaturated/α-hetero) is 1. The summed E-state index contributed by atoms with van der Waals surface area (Å²) in [5.74, 6) is -0.0509. The van der Waals surface area contributed by atoms with Crippen molar-refractivity contribution in [1.29, 1.82) is 0 Å². The molecule has 1 aliphatic carbocycles. The minimum Gasteiger partial charge on any atom is -0.294 e. The molecule has 0 saturated heterocycles. The van der Waals surface area contributed by atoms with Gasteiger partial charge in [-0.1, -0.05) is 66.2 Å². The van der Waals surface area contributed by atoms with Gasteiger partial charge >= 0.3 is 0 Å². The van der Waals surface area contributed by atoms with Gasteiger partial charge in [-0.15, -0.1) is 0 Å². The van der Waals surface area contributed by atoms with Crippen LogP contribution < -0.4 is 0 Å². The molecule has 0 bridgehead atoms. The lowest BCUT2D eigenvalue weighted by molar-refractivity contribution is -0.384. The predicted molar refractivity (Wildman–Crippen MR) is 104 cm³/mol. The van der Waals surface area contributed by atoms with E-state index in [1.165, 1.54) is 12.1 Å². The number of benzene rings is 3. The van der Waals surface area contributed by atoms with Crippen LogP contribution in [-0.4, -0.2) is 10.7 Å². The predicted octanol–water partition coefficient (Wildman–Crippen LogP) is 5.63. The van der Waals surface area contributed by atoms with Crippen molar-refractivity contribution in [2.75, 3.05) is 0 Å². The first-order valence-corrected chi connectivity index (χ1v) is 9.03. The largest absolute Gasteiger partial charge is 0.294 e. The molecule has 1 aliphatic rings. The third kappa shape index (κ3) is 3.36. The molecule has 3 aromatic rings. The van der Waals surface area contributed by atoms with Crippen molar-refractivity contribution in [2.45, 2.75) is 11.8 Å². The zero-order chi connectivity index (χ0) is 19.0. The zero-order valence-corrected chi connectivity index (χ0v) is 15.0. The summed E-state index contributed by atoms with van der Waals surface area (Å²) in [5.41, 5.74) is 2.73. The summed E-state index contributed by atoms with van der Waals surface area (Å²) in [4.78, 5) is 23.6. The fourth-order valence-corrected chi connectivity index (χ4v) is 3.89. The average Bonchev–Trinajstić information content (AvgIpc) is 3.44. The van der Waals surface area contributed by atoms with E-state index in [2.05, 4.69) is 0 Å². The van der Waals surface area contributed by atoms with Crippen molar-refractivity contribution in [1.82, 2.24) is 0 Å². The Labute approximate surface area is 161 Å². The lowest BCUT2D eigenvalue weighted by Gasteiger charge is -2.01. The van der Waals surface area contributed by atoms with E-state index in [0.717, 1.165) is 11.1 Å². The maximum absolute atomic E-state index is 13.1. The summed E-state index contributed by atoms with van der Waals surface area (Å²) in [6, 6.07) is 23.3. The fraction of sp³-hybridized carbons (Fsp3) is 0.136. The van der Waals surface area contributed by atoms with Crippen LogP contribution in [0.4, 0.5) is 5.69 Å². The SMILES string of the molecule is O=C(c1ccccc1)[C@H]1[C@@H](c2ccc(Cl)cc2)[C@H]1c1ccc([N+](=O)[O-])cc1. The van der Waals surface area contributed by atoms with Crippen molar-refractivity contribution in [3.05, 3.63) is 111 Å². The highest BCUT2D eigenvalue weighted by atomic mass is 35.5. The van der Waals surface area contributed by atoms with E-state index in [0.29, 0.717) is 10.6 Å². The van der Waals surface area contributed by atoms with Crippen LogP contribution >= 0.6 is 11.6 Å². The van der Waals surface area contributed by atoms with Gasteiger partial charge in [-0.3, -0.25) is 14.9 Å². The van der Waals surface area contributed by atoms with Gasteiger partial charge in [-0.2, -0.15) is 0 Å². The van der Waals surface area contributed by atoms with Gasteiger partial charge in [0.2, 0.25) is 0 Å². The quantitative estimate of drug-likeness (QED) is 0.329. The lowest BCUT2D eigenvalue weighted by Crippen LogP contribution is -2.04. The molecule has 27 heavy (non-hydrogen) atoms. The van der Waals surface area contributed by atoms with Gasteiger partial charge in [0.25, 0.3) is 5.69 Å². The van der Waals surface area contributed by atoms with Crippen molar-refractivity contribution >= 4 is 23.1 Å². The molecule has 1 saturated carbocycles. The second kappa shape index (κ2) is 6.97. The molecule has 0 radical (unpaired) electrons. The number of non-ortho nitro benzene ring substituents is 1. The highest BCUT2D eigenvalue weighted by molar-refractivity contribution is 6.30. The first-order chi connectivity index (χ1) is 13.1. The number of rotatable bonds is 5. The van der Waals surface area contributed by atoms with E-state index in [9.17, 15) is 14.9 Å². The standard InChI is InChI=1S/C22H16ClNO3/c23-17-10-6-14(7-11-17)19-20(15-8-12-18(13-9-15)24(26)27)21(19)22(25)16-4-2-1-3-5-16/h1-13,19-21H/t19-,20+,21-/m0/s1. The Morgan fingerprint density at radius 2 is 1.33 bits per heavy atom. The van der Waals surface area contributed by atoms with Crippen LogP contribution in [-0.2, 0) is 0 Å². The van der Waals surface area contributed by atoms with Gasteiger partial charge in [0.1, 0.15) is 0 Å². The summed E-state index contributed by atoms with van der Waals surface area (Å²) in [6.07, 6.45) is 0. The monoisotopic (exact) mass is 377 g/mol. The number of carbonyl (C=O) groups excluding carboxylic acids is 1. The molecule has 0 aromatic heterocycles. The van der Waals surface area contributed by atoms with Gasteiger partial charge < -0.3 is 0 Å². The maximum atomic E-state index is 13.1. The first-order valence-electron chi connectivity index (χ1n) is 8.65. The summed E-state index contributed by atoms with van der Waals surface area (Å²) in [5, 5.41) is 11.6. The van der Waals surface area contributed by atoms with Gasteiger partial charge in [-0.25, -0.2) is 0 Å². The Morgan fingerprint density at radius 3 is 1.85 bits per heavy atom. The third-order valence-corrected chi connectivity index (χ3v) is 5.38. The van der Waals surface area contributed by atoms with Crippen molar-refractivity contribution in [2.24, 2.45) is 5.92 Å². The van der Waals surface area contributed by atoms with Gasteiger partial charge in [0, 0.05) is 40.5 Å². The maximum Gasteiger partial charge on any atom is 0.269 e. The molecule has 0 N–H and O–H groups in total. The lowest BCUT2D eigenvalue weighted by atomic mass is 10.0. The van der Waals surface area contributed by atoms with Crippen LogP contribution in [0.5, 0.6) is 0 Å². The van der Waals surface area contributed by atoms with E-state index in [-0.39, 0.29) is 29.2 Å². The van der Waals surface area contributed by atoms with E-state index in [4.69, 9.17) is 11.6 Å². The molecule has 0 aliphatic heterocycles.